The number of nitrogen functional groups attached to an aromatic ring is 1. The number of nitrogens with one attached hydrogen (secondary N) is 1. The van der Waals surface area contributed by atoms with E-state index in [0.29, 0.717) is 11.4 Å². The second-order valence-corrected chi connectivity index (χ2v) is 5.82. The Labute approximate surface area is 111 Å². The van der Waals surface area contributed by atoms with E-state index in [2.05, 4.69) is 10.4 Å². The average molecular weight is 281 g/mol. The number of hydrogen-bond acceptors (Lipinski definition) is 5. The molecule has 19 heavy (non-hydrogen) atoms. The highest BCUT2D eigenvalue weighted by Gasteiger charge is 2.11. The van der Waals surface area contributed by atoms with Crippen LogP contribution in [-0.4, -0.2) is 18.2 Å². The van der Waals surface area contributed by atoms with Gasteiger partial charge in [0.2, 0.25) is 10.0 Å². The van der Waals surface area contributed by atoms with Crippen molar-refractivity contribution in [2.24, 2.45) is 12.2 Å². The Kier molecular flexibility index (Phi) is 3.21. The first kappa shape index (κ1) is 13.4. The quantitative estimate of drug-likeness (QED) is 0.716. The SMILES string of the molecule is Cc1nn(C)cc1Nc1cc(N)cc(S(N)(=O)=O)c1. The van der Waals surface area contributed by atoms with Gasteiger partial charge in [-0.2, -0.15) is 5.10 Å². The van der Waals surface area contributed by atoms with Gasteiger partial charge in [-0.25, -0.2) is 13.6 Å². The van der Waals surface area contributed by atoms with Crippen LogP contribution in [0, 0.1) is 6.92 Å². The summed E-state index contributed by atoms with van der Waals surface area (Å²) in [4.78, 5) is -0.0310. The molecule has 102 valence electrons. The summed E-state index contributed by atoms with van der Waals surface area (Å²) in [6.45, 7) is 1.84. The first-order chi connectivity index (χ1) is 8.75. The van der Waals surface area contributed by atoms with Crippen LogP contribution in [0.25, 0.3) is 0 Å². The lowest BCUT2D eigenvalue weighted by Crippen LogP contribution is -2.12. The smallest absolute Gasteiger partial charge is 0.238 e. The van der Waals surface area contributed by atoms with Gasteiger partial charge < -0.3 is 11.1 Å². The van der Waals surface area contributed by atoms with E-state index >= 15 is 0 Å². The summed E-state index contributed by atoms with van der Waals surface area (Å²) in [5.74, 6) is 0. The topological polar surface area (TPSA) is 116 Å². The lowest BCUT2D eigenvalue weighted by Gasteiger charge is -2.08. The highest BCUT2D eigenvalue weighted by Crippen LogP contribution is 2.24. The molecule has 0 amide bonds. The van der Waals surface area contributed by atoms with E-state index in [4.69, 9.17) is 10.9 Å². The lowest BCUT2D eigenvalue weighted by molar-refractivity contribution is 0.598. The predicted octanol–water partition coefficient (Wildman–Crippen LogP) is 0.702. The van der Waals surface area contributed by atoms with Crippen LogP contribution in [-0.2, 0) is 17.1 Å². The van der Waals surface area contributed by atoms with Crippen LogP contribution in [0.4, 0.5) is 17.1 Å². The van der Waals surface area contributed by atoms with E-state index in [1.165, 1.54) is 12.1 Å². The van der Waals surface area contributed by atoms with Gasteiger partial charge in [-0.05, 0) is 25.1 Å². The number of benzene rings is 1. The van der Waals surface area contributed by atoms with Gasteiger partial charge in [-0.15, -0.1) is 0 Å². The Balaban J connectivity index is 2.41. The van der Waals surface area contributed by atoms with E-state index in [1.807, 2.05) is 6.92 Å². The molecule has 2 rings (SSSR count). The van der Waals surface area contributed by atoms with Crippen molar-refractivity contribution in [3.8, 4) is 0 Å². The van der Waals surface area contributed by atoms with E-state index in [0.717, 1.165) is 11.4 Å². The Morgan fingerprint density at radius 1 is 1.32 bits per heavy atom. The molecule has 0 saturated heterocycles. The van der Waals surface area contributed by atoms with Gasteiger partial charge in [0.05, 0.1) is 16.3 Å². The van der Waals surface area contributed by atoms with Crippen LogP contribution < -0.4 is 16.2 Å². The van der Waals surface area contributed by atoms with Crippen molar-refractivity contribution in [2.45, 2.75) is 11.8 Å². The van der Waals surface area contributed by atoms with Crippen LogP contribution in [0.1, 0.15) is 5.69 Å². The molecule has 0 bridgehead atoms. The molecule has 1 aromatic heterocycles. The zero-order valence-electron chi connectivity index (χ0n) is 10.6. The Bertz CT molecular complexity index is 721. The zero-order valence-corrected chi connectivity index (χ0v) is 11.4. The van der Waals surface area contributed by atoms with E-state index in [1.54, 1.807) is 24.0 Å². The van der Waals surface area contributed by atoms with Crippen molar-refractivity contribution in [3.63, 3.8) is 0 Å². The molecular formula is C11H15N5O2S. The van der Waals surface area contributed by atoms with Crippen molar-refractivity contribution in [1.82, 2.24) is 9.78 Å². The Morgan fingerprint density at radius 2 is 2.00 bits per heavy atom. The first-order valence-electron chi connectivity index (χ1n) is 5.46. The molecule has 0 aliphatic carbocycles. The number of hydrogen-bond donors (Lipinski definition) is 3. The predicted molar refractivity (Wildman–Crippen MR) is 73.5 cm³/mol. The molecule has 5 N–H and O–H groups in total. The molecule has 7 nitrogen and oxygen atoms in total. The first-order valence-corrected chi connectivity index (χ1v) is 7.01. The third kappa shape index (κ3) is 3.04. The van der Waals surface area contributed by atoms with E-state index in [9.17, 15) is 8.42 Å². The normalized spacial score (nSPS) is 11.5. The van der Waals surface area contributed by atoms with Crippen molar-refractivity contribution in [1.29, 1.82) is 0 Å². The molecule has 1 aromatic carbocycles. The van der Waals surface area contributed by atoms with Crippen molar-refractivity contribution < 1.29 is 8.42 Å². The number of sulfonamides is 1. The average Bonchev–Trinajstić information content (AvgIpc) is 2.55. The van der Waals surface area contributed by atoms with Gasteiger partial charge in [-0.3, -0.25) is 4.68 Å². The molecular weight excluding hydrogens is 266 g/mol. The third-order valence-electron chi connectivity index (χ3n) is 2.55. The fraction of sp³-hybridized carbons (Fsp3) is 0.182. The molecule has 0 aliphatic heterocycles. The molecule has 0 spiro atoms. The second kappa shape index (κ2) is 4.56. The summed E-state index contributed by atoms with van der Waals surface area (Å²) in [5.41, 5.74) is 8.09. The van der Waals surface area contributed by atoms with Gasteiger partial charge in [0.15, 0.2) is 0 Å². The number of anilines is 3. The number of aromatic nitrogens is 2. The van der Waals surface area contributed by atoms with Crippen LogP contribution in [0.5, 0.6) is 0 Å². The number of nitrogens with zero attached hydrogens (tertiary/aromatic N) is 2. The van der Waals surface area contributed by atoms with Gasteiger partial charge in [0.1, 0.15) is 0 Å². The monoisotopic (exact) mass is 281 g/mol. The zero-order chi connectivity index (χ0) is 14.2. The van der Waals surface area contributed by atoms with Crippen molar-refractivity contribution in [2.75, 3.05) is 11.1 Å². The van der Waals surface area contributed by atoms with Crippen LogP contribution >= 0.6 is 0 Å². The fourth-order valence-electron chi connectivity index (χ4n) is 1.74. The van der Waals surface area contributed by atoms with Gasteiger partial charge in [0.25, 0.3) is 0 Å². The minimum atomic E-state index is -3.79. The maximum Gasteiger partial charge on any atom is 0.238 e. The number of rotatable bonds is 3. The molecule has 0 radical (unpaired) electrons. The summed E-state index contributed by atoms with van der Waals surface area (Å²) in [6, 6.07) is 4.37. The largest absolute Gasteiger partial charge is 0.399 e. The Hall–Kier alpha value is -2.06. The van der Waals surface area contributed by atoms with Crippen molar-refractivity contribution in [3.05, 3.63) is 30.1 Å². The molecule has 0 saturated carbocycles. The summed E-state index contributed by atoms with van der Waals surface area (Å²) in [6.07, 6.45) is 1.79. The Morgan fingerprint density at radius 3 is 2.53 bits per heavy atom. The standard InChI is InChI=1S/C11H15N5O2S/c1-7-11(6-16(2)15-7)14-9-3-8(12)4-10(5-9)19(13,17)18/h3-6,14H,12H2,1-2H3,(H2,13,17,18). The molecule has 1 heterocycles. The van der Waals surface area contributed by atoms with Crippen LogP contribution in [0.3, 0.4) is 0 Å². The second-order valence-electron chi connectivity index (χ2n) is 4.26. The van der Waals surface area contributed by atoms with Gasteiger partial charge in [-0.1, -0.05) is 0 Å². The summed E-state index contributed by atoms with van der Waals surface area (Å²) in [7, 11) is -1.99. The van der Waals surface area contributed by atoms with Crippen molar-refractivity contribution >= 4 is 27.1 Å². The summed E-state index contributed by atoms with van der Waals surface area (Å²) >= 11 is 0. The highest BCUT2D eigenvalue weighted by atomic mass is 32.2. The minimum Gasteiger partial charge on any atom is -0.399 e. The van der Waals surface area contributed by atoms with E-state index in [-0.39, 0.29) is 4.90 Å². The van der Waals surface area contributed by atoms with E-state index < -0.39 is 10.0 Å². The maximum atomic E-state index is 11.3. The molecule has 0 unspecified atom stereocenters. The minimum absolute atomic E-state index is 0.0310. The highest BCUT2D eigenvalue weighted by molar-refractivity contribution is 7.89. The fourth-order valence-corrected chi connectivity index (χ4v) is 2.33. The number of primary sulfonamides is 1. The molecule has 0 aliphatic rings. The molecule has 0 atom stereocenters. The van der Waals surface area contributed by atoms with Gasteiger partial charge in [0, 0.05) is 24.6 Å². The molecule has 8 heteroatoms. The van der Waals surface area contributed by atoms with Crippen LogP contribution in [0.15, 0.2) is 29.3 Å². The lowest BCUT2D eigenvalue weighted by atomic mass is 10.2. The number of nitrogens with two attached hydrogens (primary N) is 2. The number of aryl methyl sites for hydroxylation is 2. The third-order valence-corrected chi connectivity index (χ3v) is 3.44. The summed E-state index contributed by atoms with van der Waals surface area (Å²) < 4.78 is 24.3. The molecule has 2 aromatic rings. The van der Waals surface area contributed by atoms with Crippen LogP contribution in [0.2, 0.25) is 0 Å². The van der Waals surface area contributed by atoms with Gasteiger partial charge >= 0.3 is 0 Å². The summed E-state index contributed by atoms with van der Waals surface area (Å²) in [5, 5.41) is 12.3. The maximum absolute atomic E-state index is 11.3. The molecule has 0 fully saturated rings.